The van der Waals surface area contributed by atoms with Gasteiger partial charge in [-0.25, -0.2) is 4.98 Å². The van der Waals surface area contributed by atoms with E-state index in [1.165, 1.54) is 17.8 Å². The van der Waals surface area contributed by atoms with Gasteiger partial charge in [-0.3, -0.25) is 15.0 Å². The van der Waals surface area contributed by atoms with E-state index in [1.807, 2.05) is 12.1 Å². The molecule has 1 aliphatic heterocycles. The fourth-order valence-corrected chi connectivity index (χ4v) is 2.84. The van der Waals surface area contributed by atoms with Crippen LogP contribution in [0.15, 0.2) is 42.6 Å². The molecule has 6 heteroatoms. The van der Waals surface area contributed by atoms with Gasteiger partial charge < -0.3 is 4.74 Å². The third-order valence-corrected chi connectivity index (χ3v) is 4.25. The van der Waals surface area contributed by atoms with E-state index in [2.05, 4.69) is 22.0 Å². The van der Waals surface area contributed by atoms with Crippen molar-refractivity contribution in [1.29, 1.82) is 0 Å². The number of hydrogen-bond acceptors (Lipinski definition) is 5. The Morgan fingerprint density at radius 3 is 2.50 bits per heavy atom. The summed E-state index contributed by atoms with van der Waals surface area (Å²) < 4.78 is 5.36. The predicted octanol–water partition coefficient (Wildman–Crippen LogP) is 2.92. The first-order chi connectivity index (χ1) is 11.7. The second kappa shape index (κ2) is 7.99. The van der Waals surface area contributed by atoms with Crippen molar-refractivity contribution in [1.82, 2.24) is 9.88 Å². The minimum Gasteiger partial charge on any atom is -0.379 e. The number of ether oxygens (including phenoxy) is 1. The summed E-state index contributed by atoms with van der Waals surface area (Å²) in [5, 5.41) is 10.7. The van der Waals surface area contributed by atoms with E-state index in [1.54, 1.807) is 6.07 Å². The molecule has 6 nitrogen and oxygen atoms in total. The van der Waals surface area contributed by atoms with Crippen molar-refractivity contribution in [2.45, 2.75) is 12.8 Å². The summed E-state index contributed by atoms with van der Waals surface area (Å²) in [6, 6.07) is 11.4. The molecule has 3 rings (SSSR count). The lowest BCUT2D eigenvalue weighted by molar-refractivity contribution is -0.385. The van der Waals surface area contributed by atoms with Crippen LogP contribution in [0.4, 0.5) is 5.69 Å². The molecule has 0 N–H and O–H groups in total. The fourth-order valence-electron chi connectivity index (χ4n) is 2.84. The molecule has 1 aliphatic rings. The summed E-state index contributed by atoms with van der Waals surface area (Å²) in [5.74, 6) is 0. The zero-order valence-corrected chi connectivity index (χ0v) is 13.6. The van der Waals surface area contributed by atoms with Gasteiger partial charge in [-0.1, -0.05) is 24.3 Å². The molecule has 0 spiro atoms. The van der Waals surface area contributed by atoms with Crippen molar-refractivity contribution in [2.75, 3.05) is 32.8 Å². The van der Waals surface area contributed by atoms with Gasteiger partial charge in [0.05, 0.1) is 23.8 Å². The van der Waals surface area contributed by atoms with E-state index >= 15 is 0 Å². The molecule has 126 valence electrons. The van der Waals surface area contributed by atoms with Crippen molar-refractivity contribution in [3.8, 4) is 11.3 Å². The molecule has 0 radical (unpaired) electrons. The molecule has 0 saturated carbocycles. The van der Waals surface area contributed by atoms with E-state index in [0.717, 1.165) is 56.9 Å². The Kier molecular flexibility index (Phi) is 5.51. The van der Waals surface area contributed by atoms with Gasteiger partial charge in [0, 0.05) is 24.7 Å². The van der Waals surface area contributed by atoms with Crippen molar-refractivity contribution < 1.29 is 9.66 Å². The van der Waals surface area contributed by atoms with Gasteiger partial charge in [0.1, 0.15) is 6.20 Å². The Balaban J connectivity index is 1.53. The maximum Gasteiger partial charge on any atom is 0.287 e. The normalized spacial score (nSPS) is 15.3. The van der Waals surface area contributed by atoms with E-state index in [0.29, 0.717) is 0 Å². The first-order valence-corrected chi connectivity index (χ1v) is 8.22. The van der Waals surface area contributed by atoms with Crippen molar-refractivity contribution in [3.63, 3.8) is 0 Å². The highest BCUT2D eigenvalue weighted by Gasteiger charge is 2.10. The number of morpholine rings is 1. The molecule has 0 atom stereocenters. The van der Waals surface area contributed by atoms with E-state index in [-0.39, 0.29) is 5.69 Å². The van der Waals surface area contributed by atoms with Crippen LogP contribution in [-0.2, 0) is 11.2 Å². The van der Waals surface area contributed by atoms with Crippen LogP contribution in [0.2, 0.25) is 0 Å². The second-order valence-corrected chi connectivity index (χ2v) is 5.91. The molecule has 0 bridgehead atoms. The van der Waals surface area contributed by atoms with E-state index < -0.39 is 4.92 Å². The molecule has 24 heavy (non-hydrogen) atoms. The molecule has 0 amide bonds. The quantitative estimate of drug-likeness (QED) is 0.603. The second-order valence-electron chi connectivity index (χ2n) is 5.91. The number of nitrogens with zero attached hydrogens (tertiary/aromatic N) is 3. The van der Waals surface area contributed by atoms with Crippen LogP contribution in [0.5, 0.6) is 0 Å². The number of hydrogen-bond donors (Lipinski definition) is 0. The van der Waals surface area contributed by atoms with Crippen LogP contribution < -0.4 is 0 Å². The minimum absolute atomic E-state index is 0.0125. The zero-order chi connectivity index (χ0) is 16.8. The summed E-state index contributed by atoms with van der Waals surface area (Å²) in [7, 11) is 0. The van der Waals surface area contributed by atoms with Crippen LogP contribution in [0, 0.1) is 10.1 Å². The van der Waals surface area contributed by atoms with Crippen LogP contribution in [0.25, 0.3) is 11.3 Å². The molecular formula is C18H21N3O3. The highest BCUT2D eigenvalue weighted by Crippen LogP contribution is 2.20. The zero-order valence-electron chi connectivity index (χ0n) is 13.6. The predicted molar refractivity (Wildman–Crippen MR) is 91.9 cm³/mol. The topological polar surface area (TPSA) is 68.5 Å². The average Bonchev–Trinajstić information content (AvgIpc) is 2.63. The lowest BCUT2D eigenvalue weighted by Gasteiger charge is -2.26. The van der Waals surface area contributed by atoms with Crippen molar-refractivity contribution in [2.24, 2.45) is 0 Å². The number of aryl methyl sites for hydroxylation is 1. The Labute approximate surface area is 141 Å². The maximum absolute atomic E-state index is 10.7. The molecule has 1 aromatic heterocycles. The van der Waals surface area contributed by atoms with Gasteiger partial charge in [0.2, 0.25) is 0 Å². The fraction of sp³-hybridized carbons (Fsp3) is 0.389. The number of rotatable bonds is 6. The monoisotopic (exact) mass is 327 g/mol. The summed E-state index contributed by atoms with van der Waals surface area (Å²) in [6.07, 6.45) is 3.48. The van der Waals surface area contributed by atoms with Gasteiger partial charge in [0.15, 0.2) is 0 Å². The smallest absolute Gasteiger partial charge is 0.287 e. The van der Waals surface area contributed by atoms with E-state index in [4.69, 9.17) is 4.74 Å². The molecule has 1 aromatic carbocycles. The number of nitro groups is 1. The molecule has 0 unspecified atom stereocenters. The third-order valence-electron chi connectivity index (χ3n) is 4.25. The van der Waals surface area contributed by atoms with Gasteiger partial charge in [0.25, 0.3) is 5.69 Å². The summed E-state index contributed by atoms with van der Waals surface area (Å²) in [4.78, 5) is 16.8. The molecular weight excluding hydrogens is 306 g/mol. The summed E-state index contributed by atoms with van der Waals surface area (Å²) >= 11 is 0. The maximum atomic E-state index is 10.7. The Bertz CT molecular complexity index is 665. The standard InChI is InChI=1S/C18H21N3O3/c22-21(23)17-7-8-18(19-14-17)16-5-3-15(4-6-16)2-1-9-20-10-12-24-13-11-20/h3-8,14H,1-2,9-13H2. The highest BCUT2D eigenvalue weighted by molar-refractivity contribution is 5.60. The first kappa shape index (κ1) is 16.5. The van der Waals surface area contributed by atoms with Gasteiger partial charge in [-0.2, -0.15) is 0 Å². The van der Waals surface area contributed by atoms with Crippen LogP contribution in [0.3, 0.4) is 0 Å². The first-order valence-electron chi connectivity index (χ1n) is 8.22. The van der Waals surface area contributed by atoms with Gasteiger partial charge in [-0.05, 0) is 31.0 Å². The molecule has 2 aromatic rings. The van der Waals surface area contributed by atoms with Crippen molar-refractivity contribution in [3.05, 3.63) is 58.3 Å². The number of benzene rings is 1. The minimum atomic E-state index is -0.436. The lowest BCUT2D eigenvalue weighted by atomic mass is 10.0. The molecule has 1 saturated heterocycles. The average molecular weight is 327 g/mol. The number of pyridine rings is 1. The van der Waals surface area contributed by atoms with Crippen LogP contribution in [-0.4, -0.2) is 47.7 Å². The van der Waals surface area contributed by atoms with Crippen LogP contribution >= 0.6 is 0 Å². The summed E-state index contributed by atoms with van der Waals surface area (Å²) in [6.45, 7) is 4.86. The largest absolute Gasteiger partial charge is 0.379 e. The van der Waals surface area contributed by atoms with Gasteiger partial charge >= 0.3 is 0 Å². The summed E-state index contributed by atoms with van der Waals surface area (Å²) in [5.41, 5.74) is 3.04. The Morgan fingerprint density at radius 2 is 1.88 bits per heavy atom. The highest BCUT2D eigenvalue weighted by atomic mass is 16.6. The SMILES string of the molecule is O=[N+]([O-])c1ccc(-c2ccc(CCCN3CCOCC3)cc2)nc1. The Morgan fingerprint density at radius 1 is 1.12 bits per heavy atom. The molecule has 1 fully saturated rings. The van der Waals surface area contributed by atoms with Crippen molar-refractivity contribution >= 4 is 5.69 Å². The number of aromatic nitrogens is 1. The third kappa shape index (κ3) is 4.37. The molecule has 2 heterocycles. The lowest BCUT2D eigenvalue weighted by Crippen LogP contribution is -2.36. The molecule has 0 aliphatic carbocycles. The van der Waals surface area contributed by atoms with Crippen LogP contribution in [0.1, 0.15) is 12.0 Å². The van der Waals surface area contributed by atoms with E-state index in [9.17, 15) is 10.1 Å². The Hall–Kier alpha value is -2.31. The van der Waals surface area contributed by atoms with Gasteiger partial charge in [-0.15, -0.1) is 0 Å².